The standard InChI is InChI=1S/C31H29N2O3P/c1-21-11-9-17-27(35-3)29(21)37(30-22(2)12-10-18-28(30)36-4)32-31(34)33-25-15-7-5-13-23(25)19-20-24-14-6-8-16-26(24)33/h5-20H,1-4H3,(H,32,34). The van der Waals surface area contributed by atoms with Crippen molar-refractivity contribution in [3.05, 3.63) is 107 Å². The maximum absolute atomic E-state index is 14.4. The van der Waals surface area contributed by atoms with E-state index in [1.54, 1.807) is 19.1 Å². The molecule has 0 aromatic heterocycles. The van der Waals surface area contributed by atoms with Crippen LogP contribution in [-0.4, -0.2) is 20.3 Å². The van der Waals surface area contributed by atoms with Crippen LogP contribution in [0.2, 0.25) is 0 Å². The highest BCUT2D eigenvalue weighted by atomic mass is 31.1. The molecule has 0 spiro atoms. The third-order valence-electron chi connectivity index (χ3n) is 6.50. The van der Waals surface area contributed by atoms with E-state index in [0.717, 1.165) is 55.7 Å². The van der Waals surface area contributed by atoms with Crippen molar-refractivity contribution in [2.75, 3.05) is 19.1 Å². The van der Waals surface area contributed by atoms with Gasteiger partial charge >= 0.3 is 6.03 Å². The maximum Gasteiger partial charge on any atom is 0.330 e. The maximum atomic E-state index is 14.4. The van der Waals surface area contributed by atoms with Gasteiger partial charge in [0, 0.05) is 10.6 Å². The molecule has 1 aliphatic rings. The molecule has 4 aromatic rings. The van der Waals surface area contributed by atoms with Gasteiger partial charge in [0.2, 0.25) is 0 Å². The van der Waals surface area contributed by atoms with Gasteiger partial charge in [-0.3, -0.25) is 4.90 Å². The molecule has 2 amide bonds. The van der Waals surface area contributed by atoms with E-state index in [-0.39, 0.29) is 6.03 Å². The lowest BCUT2D eigenvalue weighted by Crippen LogP contribution is -2.39. The van der Waals surface area contributed by atoms with Crippen LogP contribution in [0.5, 0.6) is 11.5 Å². The number of aryl methyl sites for hydroxylation is 2. The van der Waals surface area contributed by atoms with E-state index in [4.69, 9.17) is 9.47 Å². The summed E-state index contributed by atoms with van der Waals surface area (Å²) in [5, 5.41) is 5.33. The zero-order valence-corrected chi connectivity index (χ0v) is 22.3. The minimum Gasteiger partial charge on any atom is -0.496 e. The second kappa shape index (κ2) is 10.5. The highest BCUT2D eigenvalue weighted by molar-refractivity contribution is 7.72. The van der Waals surface area contributed by atoms with E-state index in [2.05, 4.69) is 17.2 Å². The van der Waals surface area contributed by atoms with Crippen molar-refractivity contribution in [3.63, 3.8) is 0 Å². The van der Waals surface area contributed by atoms with Crippen molar-refractivity contribution in [1.29, 1.82) is 0 Å². The van der Waals surface area contributed by atoms with Gasteiger partial charge in [-0.1, -0.05) is 72.8 Å². The fourth-order valence-corrected chi connectivity index (χ4v) is 7.09. The first-order valence-electron chi connectivity index (χ1n) is 12.1. The number of para-hydroxylation sites is 2. The number of methoxy groups -OCH3 is 2. The van der Waals surface area contributed by atoms with Crippen molar-refractivity contribution in [2.24, 2.45) is 0 Å². The lowest BCUT2D eigenvalue weighted by Gasteiger charge is -2.30. The Kier molecular flexibility index (Phi) is 6.98. The van der Waals surface area contributed by atoms with E-state index in [1.807, 2.05) is 98.8 Å². The molecule has 6 heteroatoms. The van der Waals surface area contributed by atoms with Crippen LogP contribution >= 0.6 is 8.07 Å². The third kappa shape index (κ3) is 4.59. The Bertz CT molecular complexity index is 1390. The van der Waals surface area contributed by atoms with Crippen molar-refractivity contribution >= 4 is 48.2 Å². The fraction of sp³-hybridized carbons (Fsp3) is 0.129. The van der Waals surface area contributed by atoms with Gasteiger partial charge in [0.25, 0.3) is 0 Å². The number of benzene rings is 4. The van der Waals surface area contributed by atoms with Crippen LogP contribution < -0.4 is 30.1 Å². The van der Waals surface area contributed by atoms with Gasteiger partial charge in [0.15, 0.2) is 0 Å². The molecule has 37 heavy (non-hydrogen) atoms. The largest absolute Gasteiger partial charge is 0.496 e. The number of anilines is 2. The third-order valence-corrected chi connectivity index (χ3v) is 8.95. The zero-order valence-electron chi connectivity index (χ0n) is 21.4. The van der Waals surface area contributed by atoms with Gasteiger partial charge in [-0.15, -0.1) is 0 Å². The molecule has 0 bridgehead atoms. The number of ether oxygens (including phenoxy) is 2. The second-order valence-electron chi connectivity index (χ2n) is 8.79. The first kappa shape index (κ1) is 24.6. The summed E-state index contributed by atoms with van der Waals surface area (Å²) in [7, 11) is 1.92. The molecule has 0 unspecified atom stereocenters. The molecular formula is C31H29N2O3P. The van der Waals surface area contributed by atoms with Gasteiger partial charge in [0.05, 0.1) is 33.7 Å². The van der Waals surface area contributed by atoms with Crippen LogP contribution in [0.1, 0.15) is 22.3 Å². The Morgan fingerprint density at radius 2 is 1.14 bits per heavy atom. The van der Waals surface area contributed by atoms with Crippen LogP contribution in [0, 0.1) is 13.8 Å². The summed E-state index contributed by atoms with van der Waals surface area (Å²) in [5.41, 5.74) is 5.67. The molecule has 5 nitrogen and oxygen atoms in total. The number of carbonyl (C=O) groups is 1. The molecule has 0 radical (unpaired) electrons. The predicted octanol–water partition coefficient (Wildman–Crippen LogP) is 6.70. The van der Waals surface area contributed by atoms with Gasteiger partial charge < -0.3 is 14.6 Å². The van der Waals surface area contributed by atoms with Crippen LogP contribution in [0.3, 0.4) is 0 Å². The average molecular weight is 509 g/mol. The molecule has 186 valence electrons. The van der Waals surface area contributed by atoms with Gasteiger partial charge in [-0.2, -0.15) is 0 Å². The number of urea groups is 1. The smallest absolute Gasteiger partial charge is 0.330 e. The Labute approximate surface area is 219 Å². The topological polar surface area (TPSA) is 50.8 Å². The lowest BCUT2D eigenvalue weighted by molar-refractivity contribution is 0.253. The van der Waals surface area contributed by atoms with Crippen molar-refractivity contribution in [2.45, 2.75) is 13.8 Å². The number of carbonyl (C=O) groups excluding carboxylic acids is 1. The van der Waals surface area contributed by atoms with Gasteiger partial charge in [0.1, 0.15) is 11.5 Å². The summed E-state index contributed by atoms with van der Waals surface area (Å²) in [5.74, 6) is 1.46. The first-order chi connectivity index (χ1) is 18.0. The summed E-state index contributed by atoms with van der Waals surface area (Å²) >= 11 is 0. The highest BCUT2D eigenvalue weighted by Gasteiger charge is 2.31. The SMILES string of the molecule is COc1cccc(C)c1P(NC(=O)N1c2ccccc2C=Cc2ccccc21)c1c(C)cccc1OC. The number of hydrogen-bond donors (Lipinski definition) is 1. The van der Waals surface area contributed by atoms with Crippen molar-refractivity contribution < 1.29 is 14.3 Å². The molecule has 0 saturated heterocycles. The molecule has 5 rings (SSSR count). The number of nitrogens with one attached hydrogen (secondary N) is 1. The number of rotatable bonds is 5. The van der Waals surface area contributed by atoms with Gasteiger partial charge in [-0.25, -0.2) is 4.79 Å². The zero-order chi connectivity index (χ0) is 25.9. The Morgan fingerprint density at radius 3 is 1.59 bits per heavy atom. The number of hydrogen-bond acceptors (Lipinski definition) is 3. The molecule has 1 heterocycles. The molecule has 4 aromatic carbocycles. The van der Waals surface area contributed by atoms with E-state index >= 15 is 0 Å². The molecule has 0 atom stereocenters. The van der Waals surface area contributed by atoms with Crippen LogP contribution in [0.4, 0.5) is 16.2 Å². The molecular weight excluding hydrogens is 479 g/mol. The molecule has 1 aliphatic heterocycles. The average Bonchev–Trinajstić information content (AvgIpc) is 3.08. The monoisotopic (exact) mass is 508 g/mol. The molecule has 1 N–H and O–H groups in total. The highest BCUT2D eigenvalue weighted by Crippen LogP contribution is 2.42. The van der Waals surface area contributed by atoms with E-state index < -0.39 is 8.07 Å². The predicted molar refractivity (Wildman–Crippen MR) is 154 cm³/mol. The minimum absolute atomic E-state index is 0.217. The van der Waals surface area contributed by atoms with Crippen molar-refractivity contribution in [1.82, 2.24) is 5.09 Å². The summed E-state index contributed by atoms with van der Waals surface area (Å²) in [4.78, 5) is 16.2. The summed E-state index contributed by atoms with van der Waals surface area (Å²) in [6.07, 6.45) is 4.11. The van der Waals surface area contributed by atoms with Crippen LogP contribution in [0.25, 0.3) is 12.2 Å². The molecule has 0 aliphatic carbocycles. The van der Waals surface area contributed by atoms with E-state index in [0.29, 0.717) is 0 Å². The summed E-state index contributed by atoms with van der Waals surface area (Å²) in [6.45, 7) is 4.09. The summed E-state index contributed by atoms with van der Waals surface area (Å²) in [6, 6.07) is 27.6. The first-order valence-corrected chi connectivity index (χ1v) is 13.4. The van der Waals surface area contributed by atoms with Crippen molar-refractivity contribution in [3.8, 4) is 11.5 Å². The van der Waals surface area contributed by atoms with Crippen LogP contribution in [-0.2, 0) is 0 Å². The van der Waals surface area contributed by atoms with E-state index in [1.165, 1.54) is 0 Å². The van der Waals surface area contributed by atoms with Gasteiger partial charge in [-0.05, 0) is 60.4 Å². The quantitative estimate of drug-likeness (QED) is 0.305. The normalized spacial score (nSPS) is 12.0. The number of nitrogens with zero attached hydrogens (tertiary/aromatic N) is 1. The Hall–Kier alpha value is -4.08. The minimum atomic E-state index is -1.41. The fourth-order valence-electron chi connectivity index (χ4n) is 4.73. The Morgan fingerprint density at radius 1 is 0.676 bits per heavy atom. The summed E-state index contributed by atoms with van der Waals surface area (Å²) < 4.78 is 11.6. The Balaban J connectivity index is 1.69. The van der Waals surface area contributed by atoms with E-state index in [9.17, 15) is 4.79 Å². The number of fused-ring (bicyclic) bond motifs is 2. The number of amides is 2. The van der Waals surface area contributed by atoms with Crippen LogP contribution in [0.15, 0.2) is 84.9 Å². The lowest BCUT2D eigenvalue weighted by atomic mass is 10.1. The molecule has 0 fully saturated rings. The second-order valence-corrected chi connectivity index (χ2v) is 10.6. The molecule has 0 saturated carbocycles.